The molecule has 0 aliphatic rings. The molecule has 2 aromatic carbocycles. The normalized spacial score (nSPS) is 9.59. The highest BCUT2D eigenvalue weighted by Crippen LogP contribution is 2.25. The number of amides is 1. The number of carbonyl (C=O) groups is 1. The molecule has 1 amide bonds. The summed E-state index contributed by atoms with van der Waals surface area (Å²) in [6.45, 7) is -0.342. The van der Waals surface area contributed by atoms with Crippen LogP contribution in [0, 0.1) is 22.5 Å². The third kappa shape index (κ3) is 3.84. The number of hydrogen-bond acceptors (Lipinski definition) is 4. The number of ether oxygens (including phenoxy) is 1. The highest BCUT2D eigenvalue weighted by atomic mass is 16.6. The van der Waals surface area contributed by atoms with Gasteiger partial charge in [-0.15, -0.1) is 6.42 Å². The Bertz CT molecular complexity index is 750. The molecule has 0 heterocycles. The fourth-order valence-electron chi connectivity index (χ4n) is 1.76. The van der Waals surface area contributed by atoms with Gasteiger partial charge in [0.2, 0.25) is 0 Å². The largest absolute Gasteiger partial charge is 0.477 e. The summed E-state index contributed by atoms with van der Waals surface area (Å²) in [6.07, 6.45) is 5.28. The lowest BCUT2D eigenvalue weighted by Gasteiger charge is -2.08. The van der Waals surface area contributed by atoms with Crippen LogP contribution in [-0.2, 0) is 4.79 Å². The second-order valence-corrected chi connectivity index (χ2v) is 4.29. The predicted octanol–water partition coefficient (Wildman–Crippen LogP) is 2.59. The molecule has 0 atom stereocenters. The highest BCUT2D eigenvalue weighted by Gasteiger charge is 2.14. The van der Waals surface area contributed by atoms with Crippen molar-refractivity contribution < 1.29 is 14.5 Å². The van der Waals surface area contributed by atoms with E-state index in [1.807, 2.05) is 0 Å². The van der Waals surface area contributed by atoms with Gasteiger partial charge in [0, 0.05) is 17.3 Å². The Labute approximate surface area is 126 Å². The van der Waals surface area contributed by atoms with Gasteiger partial charge >= 0.3 is 5.69 Å². The maximum atomic E-state index is 11.8. The molecule has 0 saturated heterocycles. The van der Waals surface area contributed by atoms with Crippen LogP contribution in [0.25, 0.3) is 0 Å². The second kappa shape index (κ2) is 6.90. The minimum absolute atomic E-state index is 0.0417. The monoisotopic (exact) mass is 296 g/mol. The van der Waals surface area contributed by atoms with Crippen molar-refractivity contribution in [2.45, 2.75) is 0 Å². The number of anilines is 1. The number of terminal acetylenes is 1. The summed E-state index contributed by atoms with van der Waals surface area (Å²) in [4.78, 5) is 22.1. The van der Waals surface area contributed by atoms with Crippen molar-refractivity contribution in [1.29, 1.82) is 0 Å². The maximum Gasteiger partial charge on any atom is 0.310 e. The molecule has 0 fully saturated rings. The van der Waals surface area contributed by atoms with Crippen molar-refractivity contribution in [2.24, 2.45) is 0 Å². The summed E-state index contributed by atoms with van der Waals surface area (Å²) >= 11 is 0. The Morgan fingerprint density at radius 1 is 1.27 bits per heavy atom. The van der Waals surface area contributed by atoms with Gasteiger partial charge in [-0.05, 0) is 24.3 Å². The molecule has 6 nitrogen and oxygen atoms in total. The van der Waals surface area contributed by atoms with Gasteiger partial charge in [-0.3, -0.25) is 14.9 Å². The van der Waals surface area contributed by atoms with Crippen molar-refractivity contribution >= 4 is 17.3 Å². The Balaban J connectivity index is 1.99. The zero-order chi connectivity index (χ0) is 15.9. The Kier molecular flexibility index (Phi) is 4.73. The molecule has 2 aromatic rings. The van der Waals surface area contributed by atoms with E-state index in [9.17, 15) is 14.9 Å². The zero-order valence-corrected chi connectivity index (χ0v) is 11.5. The first kappa shape index (κ1) is 15.1. The van der Waals surface area contributed by atoms with E-state index in [-0.39, 0.29) is 18.0 Å². The van der Waals surface area contributed by atoms with E-state index in [4.69, 9.17) is 11.2 Å². The summed E-state index contributed by atoms with van der Waals surface area (Å²) < 4.78 is 5.19. The van der Waals surface area contributed by atoms with Crippen LogP contribution in [0.3, 0.4) is 0 Å². The molecule has 0 unspecified atom stereocenters. The molecule has 0 aliphatic carbocycles. The van der Waals surface area contributed by atoms with Gasteiger partial charge in [-0.2, -0.15) is 0 Å². The Morgan fingerprint density at radius 3 is 2.77 bits per heavy atom. The summed E-state index contributed by atoms with van der Waals surface area (Å²) in [5, 5.41) is 13.4. The molecule has 1 N–H and O–H groups in total. The molecule has 0 aliphatic heterocycles. The number of nitro groups is 1. The number of nitrogens with one attached hydrogen (secondary N) is 1. The summed E-state index contributed by atoms with van der Waals surface area (Å²) in [5.74, 6) is 2.06. The van der Waals surface area contributed by atoms with Crippen LogP contribution in [0.5, 0.6) is 5.75 Å². The van der Waals surface area contributed by atoms with Crippen LogP contribution in [0.1, 0.15) is 5.56 Å². The van der Waals surface area contributed by atoms with Crippen molar-refractivity contribution in [3.05, 3.63) is 64.2 Å². The van der Waals surface area contributed by atoms with E-state index in [1.54, 1.807) is 30.3 Å². The summed E-state index contributed by atoms with van der Waals surface area (Å²) in [7, 11) is 0. The van der Waals surface area contributed by atoms with E-state index in [0.717, 1.165) is 0 Å². The fraction of sp³-hybridized carbons (Fsp3) is 0.0625. The molecule has 0 spiro atoms. The molecule has 22 heavy (non-hydrogen) atoms. The number of carbonyl (C=O) groups excluding carboxylic acids is 1. The van der Waals surface area contributed by atoms with Crippen LogP contribution in [0.4, 0.5) is 11.4 Å². The fourth-order valence-corrected chi connectivity index (χ4v) is 1.76. The number of benzene rings is 2. The third-order valence-electron chi connectivity index (χ3n) is 2.73. The molecule has 2 rings (SSSR count). The maximum absolute atomic E-state index is 11.8. The van der Waals surface area contributed by atoms with Crippen molar-refractivity contribution in [2.75, 3.05) is 11.9 Å². The minimum Gasteiger partial charge on any atom is -0.477 e. The van der Waals surface area contributed by atoms with Gasteiger partial charge in [0.25, 0.3) is 5.91 Å². The molecule has 6 heteroatoms. The summed E-state index contributed by atoms with van der Waals surface area (Å²) in [5.41, 5.74) is 0.980. The van der Waals surface area contributed by atoms with E-state index in [2.05, 4.69) is 11.2 Å². The van der Waals surface area contributed by atoms with Crippen LogP contribution in [0.2, 0.25) is 0 Å². The highest BCUT2D eigenvalue weighted by molar-refractivity contribution is 5.92. The first-order chi connectivity index (χ1) is 10.6. The number of rotatable bonds is 5. The van der Waals surface area contributed by atoms with Crippen LogP contribution in [-0.4, -0.2) is 17.4 Å². The lowest BCUT2D eigenvalue weighted by atomic mass is 10.2. The number of nitro benzene ring substituents is 1. The second-order valence-electron chi connectivity index (χ2n) is 4.29. The Hall–Kier alpha value is -3.33. The van der Waals surface area contributed by atoms with Crippen LogP contribution in [0.15, 0.2) is 48.5 Å². The molecular weight excluding hydrogens is 284 g/mol. The van der Waals surface area contributed by atoms with Crippen molar-refractivity contribution in [3.63, 3.8) is 0 Å². The average Bonchev–Trinajstić information content (AvgIpc) is 2.53. The van der Waals surface area contributed by atoms with E-state index in [0.29, 0.717) is 11.3 Å². The summed E-state index contributed by atoms with van der Waals surface area (Å²) in [6, 6.07) is 12.6. The number of hydrogen-bond donors (Lipinski definition) is 1. The molecule has 0 aromatic heterocycles. The smallest absolute Gasteiger partial charge is 0.310 e. The van der Waals surface area contributed by atoms with Crippen LogP contribution >= 0.6 is 0 Å². The lowest BCUT2D eigenvalue weighted by molar-refractivity contribution is -0.385. The van der Waals surface area contributed by atoms with E-state index in [1.165, 1.54) is 18.2 Å². The van der Waals surface area contributed by atoms with Gasteiger partial charge in [0.05, 0.1) is 4.92 Å². The Morgan fingerprint density at radius 2 is 2.05 bits per heavy atom. The molecule has 0 bridgehead atoms. The first-order valence-corrected chi connectivity index (χ1v) is 6.33. The van der Waals surface area contributed by atoms with Gasteiger partial charge in [0.1, 0.15) is 0 Å². The molecule has 0 saturated carbocycles. The van der Waals surface area contributed by atoms with Gasteiger partial charge < -0.3 is 10.1 Å². The van der Waals surface area contributed by atoms with Gasteiger partial charge in [-0.25, -0.2) is 0 Å². The molecular formula is C16H12N2O4. The molecule has 110 valence electrons. The molecule has 0 radical (unpaired) electrons. The van der Waals surface area contributed by atoms with E-state index >= 15 is 0 Å². The standard InChI is InChI=1S/C16H12N2O4/c1-2-12-6-5-7-13(10-12)17-16(19)11-22-15-9-4-3-8-14(15)18(20)21/h1,3-10H,11H2,(H,17,19). The number of nitrogens with zero attached hydrogens (tertiary/aromatic N) is 1. The quantitative estimate of drug-likeness (QED) is 0.522. The average molecular weight is 296 g/mol. The van der Waals surface area contributed by atoms with Crippen molar-refractivity contribution in [3.8, 4) is 18.1 Å². The van der Waals surface area contributed by atoms with E-state index < -0.39 is 10.8 Å². The lowest BCUT2D eigenvalue weighted by Crippen LogP contribution is -2.20. The van der Waals surface area contributed by atoms with Crippen molar-refractivity contribution in [1.82, 2.24) is 0 Å². The topological polar surface area (TPSA) is 81.5 Å². The van der Waals surface area contributed by atoms with Gasteiger partial charge in [0.15, 0.2) is 12.4 Å². The van der Waals surface area contributed by atoms with Gasteiger partial charge in [-0.1, -0.05) is 24.1 Å². The van der Waals surface area contributed by atoms with Crippen LogP contribution < -0.4 is 10.1 Å². The SMILES string of the molecule is C#Cc1cccc(NC(=O)COc2ccccc2[N+](=O)[O-])c1. The predicted molar refractivity (Wildman–Crippen MR) is 81.6 cm³/mol. The zero-order valence-electron chi connectivity index (χ0n) is 11.5. The first-order valence-electron chi connectivity index (χ1n) is 6.33. The third-order valence-corrected chi connectivity index (χ3v) is 2.73. The number of para-hydroxylation sites is 2. The minimum atomic E-state index is -0.566.